The Hall–Kier alpha value is -2.62. The third-order valence-electron chi connectivity index (χ3n) is 5.14. The van der Waals surface area contributed by atoms with Crippen LogP contribution in [0.1, 0.15) is 31.2 Å². The van der Waals surface area contributed by atoms with Crippen LogP contribution in [0, 0.1) is 5.92 Å². The SMILES string of the molecule is CCc1nc(-c2cnn(C)c2CO)ncc1N1C[C@@H](CC(=O)OC)CC(F)(F)C1. The number of carbonyl (C=O) groups excluding carboxylic acids is 1. The van der Waals surface area contributed by atoms with E-state index in [4.69, 9.17) is 0 Å². The van der Waals surface area contributed by atoms with E-state index in [-0.39, 0.29) is 19.4 Å². The van der Waals surface area contributed by atoms with Crippen molar-refractivity contribution in [1.29, 1.82) is 0 Å². The smallest absolute Gasteiger partial charge is 0.305 e. The summed E-state index contributed by atoms with van der Waals surface area (Å²) in [7, 11) is 2.96. The van der Waals surface area contributed by atoms with Crippen LogP contribution in [-0.2, 0) is 29.6 Å². The first-order valence-corrected chi connectivity index (χ1v) is 9.45. The van der Waals surface area contributed by atoms with Gasteiger partial charge in [-0.3, -0.25) is 9.48 Å². The van der Waals surface area contributed by atoms with Crippen molar-refractivity contribution in [3.8, 4) is 11.4 Å². The molecule has 2 aromatic heterocycles. The zero-order chi connectivity index (χ0) is 21.2. The van der Waals surface area contributed by atoms with Gasteiger partial charge in [-0.1, -0.05) is 6.92 Å². The van der Waals surface area contributed by atoms with Crippen molar-refractivity contribution < 1.29 is 23.4 Å². The zero-order valence-electron chi connectivity index (χ0n) is 16.7. The number of ether oxygens (including phenoxy) is 1. The number of alkyl halides is 2. The van der Waals surface area contributed by atoms with Crippen molar-refractivity contribution in [2.75, 3.05) is 25.1 Å². The standard InChI is InChI=1S/C19H25F2N5O3/c1-4-14-15(8-22-18(24-14)13-7-23-25(2)16(13)10-27)26-9-12(5-17(28)29-3)6-19(20,21)11-26/h7-8,12,27H,4-6,9-11H2,1-3H3/t12-/m0/s1. The Kier molecular flexibility index (Phi) is 6.11. The minimum absolute atomic E-state index is 0.0570. The Morgan fingerprint density at radius 3 is 2.83 bits per heavy atom. The topological polar surface area (TPSA) is 93.4 Å². The first kappa shape index (κ1) is 21.1. The van der Waals surface area contributed by atoms with Crippen LogP contribution in [0.4, 0.5) is 14.5 Å². The summed E-state index contributed by atoms with van der Waals surface area (Å²) in [5.74, 6) is -3.55. The summed E-state index contributed by atoms with van der Waals surface area (Å²) in [5.41, 5.74) is 2.32. The lowest BCUT2D eigenvalue weighted by Gasteiger charge is -2.39. The Morgan fingerprint density at radius 2 is 2.17 bits per heavy atom. The van der Waals surface area contributed by atoms with Crippen LogP contribution in [0.2, 0.25) is 0 Å². The molecule has 29 heavy (non-hydrogen) atoms. The average Bonchev–Trinajstić information content (AvgIpc) is 3.06. The number of halogens is 2. The lowest BCUT2D eigenvalue weighted by molar-refractivity contribution is -0.142. The van der Waals surface area contributed by atoms with Gasteiger partial charge in [0.25, 0.3) is 5.92 Å². The van der Waals surface area contributed by atoms with Gasteiger partial charge in [0.05, 0.1) is 61.7 Å². The van der Waals surface area contributed by atoms with Gasteiger partial charge in [0, 0.05) is 20.0 Å². The third-order valence-corrected chi connectivity index (χ3v) is 5.14. The van der Waals surface area contributed by atoms with Crippen LogP contribution in [-0.4, -0.2) is 56.9 Å². The first-order valence-electron chi connectivity index (χ1n) is 9.45. The number of hydrogen-bond acceptors (Lipinski definition) is 7. The molecule has 3 rings (SSSR count). The zero-order valence-corrected chi connectivity index (χ0v) is 16.7. The number of carbonyl (C=O) groups is 1. The highest BCUT2D eigenvalue weighted by Gasteiger charge is 2.41. The maximum atomic E-state index is 14.4. The molecule has 1 saturated heterocycles. The van der Waals surface area contributed by atoms with Crippen LogP contribution >= 0.6 is 0 Å². The summed E-state index contributed by atoms with van der Waals surface area (Å²) in [6, 6.07) is 0. The van der Waals surface area contributed by atoms with Crippen LogP contribution < -0.4 is 4.90 Å². The molecule has 0 aliphatic carbocycles. The predicted molar refractivity (Wildman–Crippen MR) is 101 cm³/mol. The molecule has 0 aromatic carbocycles. The highest BCUT2D eigenvalue weighted by Crippen LogP contribution is 2.36. The molecule has 2 aromatic rings. The number of methoxy groups -OCH3 is 1. The first-order chi connectivity index (χ1) is 13.8. The quantitative estimate of drug-likeness (QED) is 0.729. The lowest BCUT2D eigenvalue weighted by atomic mass is 9.92. The van der Waals surface area contributed by atoms with Gasteiger partial charge in [-0.2, -0.15) is 5.10 Å². The molecule has 0 radical (unpaired) electrons. The molecular formula is C19H25F2N5O3. The molecule has 1 aliphatic rings. The molecule has 1 atom stereocenters. The van der Waals surface area contributed by atoms with E-state index in [9.17, 15) is 18.7 Å². The number of anilines is 1. The van der Waals surface area contributed by atoms with E-state index < -0.39 is 24.4 Å². The second-order valence-electron chi connectivity index (χ2n) is 7.25. The van der Waals surface area contributed by atoms with Crippen LogP contribution in [0.3, 0.4) is 0 Å². The number of aryl methyl sites for hydroxylation is 2. The monoisotopic (exact) mass is 409 g/mol. The van der Waals surface area contributed by atoms with Gasteiger partial charge in [-0.05, 0) is 12.3 Å². The fourth-order valence-electron chi connectivity index (χ4n) is 3.75. The van der Waals surface area contributed by atoms with Gasteiger partial charge in [0.15, 0.2) is 5.82 Å². The summed E-state index contributed by atoms with van der Waals surface area (Å²) in [6.07, 6.45) is 3.21. The average molecular weight is 409 g/mol. The number of esters is 1. The Morgan fingerprint density at radius 1 is 1.41 bits per heavy atom. The van der Waals surface area contributed by atoms with Crippen LogP contribution in [0.15, 0.2) is 12.4 Å². The van der Waals surface area contributed by atoms with Crippen molar-refractivity contribution in [2.24, 2.45) is 13.0 Å². The summed E-state index contributed by atoms with van der Waals surface area (Å²) in [5, 5.41) is 13.7. The van der Waals surface area contributed by atoms with E-state index in [2.05, 4.69) is 19.8 Å². The normalized spacial score (nSPS) is 18.7. The van der Waals surface area contributed by atoms with E-state index in [0.29, 0.717) is 41.4 Å². The largest absolute Gasteiger partial charge is 0.469 e. The van der Waals surface area contributed by atoms with Gasteiger partial charge in [-0.15, -0.1) is 0 Å². The molecule has 0 bridgehead atoms. The Labute approximate surface area is 167 Å². The van der Waals surface area contributed by atoms with Gasteiger partial charge in [0.1, 0.15) is 0 Å². The summed E-state index contributed by atoms with van der Waals surface area (Å²) < 4.78 is 34.9. The maximum absolute atomic E-state index is 14.4. The molecule has 1 N–H and O–H groups in total. The number of aliphatic hydroxyl groups excluding tert-OH is 1. The summed E-state index contributed by atoms with van der Waals surface area (Å²) in [6.45, 7) is 1.52. The second kappa shape index (κ2) is 8.40. The number of aliphatic hydroxyl groups is 1. The summed E-state index contributed by atoms with van der Waals surface area (Å²) in [4.78, 5) is 22.0. The predicted octanol–water partition coefficient (Wildman–Crippen LogP) is 1.96. The Balaban J connectivity index is 1.92. The van der Waals surface area contributed by atoms with E-state index in [1.54, 1.807) is 22.8 Å². The van der Waals surface area contributed by atoms with Crippen molar-refractivity contribution in [3.05, 3.63) is 23.8 Å². The molecule has 3 heterocycles. The second-order valence-corrected chi connectivity index (χ2v) is 7.25. The summed E-state index contributed by atoms with van der Waals surface area (Å²) >= 11 is 0. The third kappa shape index (κ3) is 4.52. The molecule has 1 fully saturated rings. The van der Waals surface area contributed by atoms with Gasteiger partial charge in [-0.25, -0.2) is 18.7 Å². The minimum Gasteiger partial charge on any atom is -0.469 e. The number of rotatable bonds is 6. The molecule has 1 aliphatic heterocycles. The highest BCUT2D eigenvalue weighted by molar-refractivity contribution is 5.69. The number of nitrogens with zero attached hydrogens (tertiary/aromatic N) is 5. The number of hydrogen-bond donors (Lipinski definition) is 1. The van der Waals surface area contributed by atoms with Crippen molar-refractivity contribution in [1.82, 2.24) is 19.7 Å². The molecule has 0 unspecified atom stereocenters. The van der Waals surface area contributed by atoms with Crippen LogP contribution in [0.25, 0.3) is 11.4 Å². The lowest BCUT2D eigenvalue weighted by Crippen LogP contribution is -2.48. The highest BCUT2D eigenvalue weighted by atomic mass is 19.3. The van der Waals surface area contributed by atoms with E-state index in [1.807, 2.05) is 6.92 Å². The molecule has 10 heteroatoms. The molecule has 0 amide bonds. The van der Waals surface area contributed by atoms with Crippen LogP contribution in [0.5, 0.6) is 0 Å². The van der Waals surface area contributed by atoms with Gasteiger partial charge in [0.2, 0.25) is 0 Å². The maximum Gasteiger partial charge on any atom is 0.305 e. The fraction of sp³-hybridized carbons (Fsp3) is 0.579. The van der Waals surface area contributed by atoms with Gasteiger partial charge < -0.3 is 14.7 Å². The molecular weight excluding hydrogens is 384 g/mol. The number of aromatic nitrogens is 4. The Bertz CT molecular complexity index is 887. The van der Waals surface area contributed by atoms with Gasteiger partial charge >= 0.3 is 5.97 Å². The fourth-order valence-corrected chi connectivity index (χ4v) is 3.75. The van der Waals surface area contributed by atoms with Crippen molar-refractivity contribution in [2.45, 2.75) is 38.7 Å². The molecule has 0 saturated carbocycles. The minimum atomic E-state index is -2.92. The number of piperidine rings is 1. The van der Waals surface area contributed by atoms with E-state index in [1.165, 1.54) is 13.3 Å². The van der Waals surface area contributed by atoms with E-state index >= 15 is 0 Å². The molecule has 158 valence electrons. The van der Waals surface area contributed by atoms with Crippen molar-refractivity contribution in [3.63, 3.8) is 0 Å². The molecule has 8 nitrogen and oxygen atoms in total. The van der Waals surface area contributed by atoms with E-state index in [0.717, 1.165) is 0 Å². The van der Waals surface area contributed by atoms with Crippen molar-refractivity contribution >= 4 is 11.7 Å². The molecule has 0 spiro atoms.